The van der Waals surface area contributed by atoms with Gasteiger partial charge in [-0.15, -0.1) is 0 Å². The highest BCUT2D eigenvalue weighted by Crippen LogP contribution is 1.93. The van der Waals surface area contributed by atoms with Crippen LogP contribution in [0.15, 0.2) is 0 Å². The predicted molar refractivity (Wildman–Crippen MR) is 40.9 cm³/mol. The van der Waals surface area contributed by atoms with Crippen LogP contribution in [0.25, 0.3) is 0 Å². The standard InChI is InChI=1S/C5H12N4O3/c1-5(12,9-4(7)11)2-8-3(6)10/h12H,2H2,1H3,(H3,6,8,10)(H3,7,9,11). The summed E-state index contributed by atoms with van der Waals surface area (Å²) < 4.78 is 0. The van der Waals surface area contributed by atoms with E-state index in [4.69, 9.17) is 11.5 Å². The molecule has 1 atom stereocenters. The molecule has 12 heavy (non-hydrogen) atoms. The van der Waals surface area contributed by atoms with Crippen LogP contribution in [0.4, 0.5) is 9.59 Å². The lowest BCUT2D eigenvalue weighted by molar-refractivity contribution is 0.0395. The Morgan fingerprint density at radius 1 is 1.42 bits per heavy atom. The van der Waals surface area contributed by atoms with Crippen LogP contribution in [0.2, 0.25) is 0 Å². The molecule has 0 rings (SSSR count). The van der Waals surface area contributed by atoms with Crippen LogP contribution in [-0.4, -0.2) is 29.4 Å². The van der Waals surface area contributed by atoms with Gasteiger partial charge in [0, 0.05) is 0 Å². The maximum Gasteiger partial charge on any atom is 0.314 e. The third-order valence-corrected chi connectivity index (χ3v) is 0.999. The van der Waals surface area contributed by atoms with E-state index in [1.807, 2.05) is 5.32 Å². The van der Waals surface area contributed by atoms with Gasteiger partial charge in [0.1, 0.15) is 0 Å². The van der Waals surface area contributed by atoms with Gasteiger partial charge in [0.15, 0.2) is 5.72 Å². The highest BCUT2D eigenvalue weighted by Gasteiger charge is 2.21. The van der Waals surface area contributed by atoms with E-state index in [9.17, 15) is 14.7 Å². The van der Waals surface area contributed by atoms with Gasteiger partial charge in [0.2, 0.25) is 0 Å². The first kappa shape index (κ1) is 10.5. The lowest BCUT2D eigenvalue weighted by Gasteiger charge is -2.23. The van der Waals surface area contributed by atoms with Gasteiger partial charge in [0.05, 0.1) is 6.54 Å². The van der Waals surface area contributed by atoms with Crippen molar-refractivity contribution in [1.29, 1.82) is 0 Å². The fourth-order valence-corrected chi connectivity index (χ4v) is 0.569. The summed E-state index contributed by atoms with van der Waals surface area (Å²) in [6, 6.07) is -1.67. The molecule has 0 aromatic carbocycles. The Bertz CT molecular complexity index is 191. The largest absolute Gasteiger partial charge is 0.369 e. The van der Waals surface area contributed by atoms with Crippen molar-refractivity contribution in [2.45, 2.75) is 12.6 Å². The van der Waals surface area contributed by atoms with Crippen LogP contribution in [0.5, 0.6) is 0 Å². The zero-order valence-corrected chi connectivity index (χ0v) is 6.63. The first-order chi connectivity index (χ1) is 5.33. The summed E-state index contributed by atoms with van der Waals surface area (Å²) >= 11 is 0. The minimum Gasteiger partial charge on any atom is -0.369 e. The average molecular weight is 176 g/mol. The van der Waals surface area contributed by atoms with E-state index in [2.05, 4.69) is 5.32 Å². The summed E-state index contributed by atoms with van der Waals surface area (Å²) in [5.41, 5.74) is 7.87. The van der Waals surface area contributed by atoms with Crippen LogP contribution in [-0.2, 0) is 0 Å². The molecule has 7 N–H and O–H groups in total. The molecule has 0 fully saturated rings. The number of nitrogens with one attached hydrogen (secondary N) is 2. The normalized spacial score (nSPS) is 14.5. The number of carbonyl (C=O) groups excluding carboxylic acids is 2. The Morgan fingerprint density at radius 3 is 2.25 bits per heavy atom. The maximum atomic E-state index is 10.3. The van der Waals surface area contributed by atoms with Gasteiger partial charge in [-0.2, -0.15) is 0 Å². The first-order valence-electron chi connectivity index (χ1n) is 3.17. The zero-order valence-electron chi connectivity index (χ0n) is 6.63. The van der Waals surface area contributed by atoms with E-state index in [0.717, 1.165) is 0 Å². The smallest absolute Gasteiger partial charge is 0.314 e. The van der Waals surface area contributed by atoms with Crippen LogP contribution in [0, 0.1) is 0 Å². The molecule has 0 aliphatic heterocycles. The molecule has 0 aliphatic carbocycles. The lowest BCUT2D eigenvalue weighted by Crippen LogP contribution is -2.55. The Kier molecular flexibility index (Phi) is 3.30. The van der Waals surface area contributed by atoms with Crippen molar-refractivity contribution < 1.29 is 14.7 Å². The van der Waals surface area contributed by atoms with Crippen molar-refractivity contribution in [3.63, 3.8) is 0 Å². The highest BCUT2D eigenvalue weighted by atomic mass is 16.3. The molecule has 70 valence electrons. The second kappa shape index (κ2) is 3.77. The molecule has 1 unspecified atom stereocenters. The molecule has 0 spiro atoms. The number of nitrogens with two attached hydrogens (primary N) is 2. The predicted octanol–water partition coefficient (Wildman–Crippen LogP) is -1.97. The van der Waals surface area contributed by atoms with Gasteiger partial charge in [-0.25, -0.2) is 9.59 Å². The van der Waals surface area contributed by atoms with Crippen molar-refractivity contribution in [2.24, 2.45) is 11.5 Å². The Balaban J connectivity index is 3.86. The number of aliphatic hydroxyl groups is 1. The molecule has 0 heterocycles. The highest BCUT2D eigenvalue weighted by molar-refractivity contribution is 5.73. The van der Waals surface area contributed by atoms with Gasteiger partial charge in [-0.05, 0) is 6.92 Å². The van der Waals surface area contributed by atoms with E-state index >= 15 is 0 Å². The van der Waals surface area contributed by atoms with Gasteiger partial charge in [0.25, 0.3) is 0 Å². The third-order valence-electron chi connectivity index (χ3n) is 0.999. The minimum atomic E-state index is -1.58. The number of rotatable bonds is 3. The molecule has 0 aromatic heterocycles. The number of primary amides is 2. The molecule has 7 heteroatoms. The number of amides is 4. The van der Waals surface area contributed by atoms with Crippen LogP contribution >= 0.6 is 0 Å². The molecule has 0 aromatic rings. The van der Waals surface area contributed by atoms with E-state index in [1.165, 1.54) is 6.92 Å². The lowest BCUT2D eigenvalue weighted by atomic mass is 10.2. The third kappa shape index (κ3) is 5.30. The molecular weight excluding hydrogens is 164 g/mol. The van der Waals surface area contributed by atoms with Gasteiger partial charge >= 0.3 is 12.1 Å². The summed E-state index contributed by atoms with van der Waals surface area (Å²) in [6.07, 6.45) is 0. The average Bonchev–Trinajstić information content (AvgIpc) is 1.81. The quantitative estimate of drug-likeness (QED) is 0.320. The van der Waals surface area contributed by atoms with Gasteiger partial charge in [-0.3, -0.25) is 0 Å². The molecule has 7 nitrogen and oxygen atoms in total. The SMILES string of the molecule is CC(O)(CNC(N)=O)NC(N)=O. The fourth-order valence-electron chi connectivity index (χ4n) is 0.569. The fraction of sp³-hybridized carbons (Fsp3) is 0.600. The van der Waals surface area contributed by atoms with Crippen molar-refractivity contribution in [1.82, 2.24) is 10.6 Å². The minimum absolute atomic E-state index is 0.203. The molecular formula is C5H12N4O3. The molecule has 4 amide bonds. The van der Waals surface area contributed by atoms with Crippen molar-refractivity contribution in [2.75, 3.05) is 6.54 Å². The molecule has 0 saturated heterocycles. The Morgan fingerprint density at radius 2 is 1.92 bits per heavy atom. The van der Waals surface area contributed by atoms with E-state index < -0.39 is 17.8 Å². The van der Waals surface area contributed by atoms with Crippen molar-refractivity contribution in [3.05, 3.63) is 0 Å². The summed E-state index contributed by atoms with van der Waals surface area (Å²) in [5.74, 6) is 0. The zero-order chi connectivity index (χ0) is 9.78. The maximum absolute atomic E-state index is 10.3. The first-order valence-corrected chi connectivity index (χ1v) is 3.17. The Labute approximate surface area is 69.1 Å². The monoisotopic (exact) mass is 176 g/mol. The molecule has 0 aliphatic rings. The van der Waals surface area contributed by atoms with E-state index in [-0.39, 0.29) is 6.54 Å². The molecule has 0 radical (unpaired) electrons. The van der Waals surface area contributed by atoms with E-state index in [0.29, 0.717) is 0 Å². The van der Waals surface area contributed by atoms with Crippen LogP contribution < -0.4 is 22.1 Å². The van der Waals surface area contributed by atoms with Gasteiger partial charge in [-0.1, -0.05) is 0 Å². The van der Waals surface area contributed by atoms with Crippen LogP contribution in [0.3, 0.4) is 0 Å². The Hall–Kier alpha value is -1.50. The summed E-state index contributed by atoms with van der Waals surface area (Å²) in [5, 5.41) is 13.4. The number of hydrogen-bond donors (Lipinski definition) is 5. The number of urea groups is 2. The summed E-state index contributed by atoms with van der Waals surface area (Å²) in [4.78, 5) is 20.5. The number of carbonyl (C=O) groups is 2. The van der Waals surface area contributed by atoms with Crippen molar-refractivity contribution >= 4 is 12.1 Å². The summed E-state index contributed by atoms with van der Waals surface area (Å²) in [6.45, 7) is 1.07. The topological polar surface area (TPSA) is 130 Å². The molecule has 0 saturated carbocycles. The second-order valence-electron chi connectivity index (χ2n) is 2.48. The van der Waals surface area contributed by atoms with Crippen molar-refractivity contribution in [3.8, 4) is 0 Å². The molecule has 0 bridgehead atoms. The van der Waals surface area contributed by atoms with E-state index in [1.54, 1.807) is 0 Å². The van der Waals surface area contributed by atoms with Crippen LogP contribution in [0.1, 0.15) is 6.92 Å². The summed E-state index contributed by atoms with van der Waals surface area (Å²) in [7, 11) is 0. The van der Waals surface area contributed by atoms with Gasteiger partial charge < -0.3 is 27.2 Å². The second-order valence-corrected chi connectivity index (χ2v) is 2.48. The number of hydrogen-bond acceptors (Lipinski definition) is 3.